The topological polar surface area (TPSA) is 202 Å². The molecule has 4 N–H and O–H groups in total. The summed E-state index contributed by atoms with van der Waals surface area (Å²) in [4.78, 5) is 66.9. The van der Waals surface area contributed by atoms with E-state index in [4.69, 9.17) is 26.1 Å². The van der Waals surface area contributed by atoms with E-state index in [-0.39, 0.29) is 44.4 Å². The van der Waals surface area contributed by atoms with Gasteiger partial charge in [0.25, 0.3) is 0 Å². The number of nitrogens with one attached hydrogen (secondary N) is 3. The first-order chi connectivity index (χ1) is 33.0. The van der Waals surface area contributed by atoms with Crippen LogP contribution in [-0.2, 0) is 35.2 Å². The van der Waals surface area contributed by atoms with E-state index >= 15 is 0 Å². The number of nitrogens with zero attached hydrogens (tertiary/aromatic N) is 6. The number of likely N-dealkylation sites (tertiary alicyclic amines) is 1. The van der Waals surface area contributed by atoms with Crippen LogP contribution in [0.5, 0.6) is 0 Å². The van der Waals surface area contributed by atoms with Crippen molar-refractivity contribution in [2.45, 2.75) is 111 Å². The van der Waals surface area contributed by atoms with E-state index in [0.29, 0.717) is 43.6 Å². The molecule has 4 atom stereocenters. The van der Waals surface area contributed by atoms with E-state index in [2.05, 4.69) is 45.0 Å². The third kappa shape index (κ3) is 12.7. The molecule has 3 aromatic heterocycles. The monoisotopic (exact) mass is 999 g/mol. The number of hydrogen-bond donors (Lipinski definition) is 4. The molecule has 4 unspecified atom stereocenters. The molecule has 2 aliphatic heterocycles. The average Bonchev–Trinajstić information content (AvgIpc) is 4.08. The van der Waals surface area contributed by atoms with Gasteiger partial charge in [0, 0.05) is 60.3 Å². The van der Waals surface area contributed by atoms with Crippen LogP contribution in [0.4, 0.5) is 0 Å². The number of thiazole rings is 1. The van der Waals surface area contributed by atoms with Gasteiger partial charge < -0.3 is 35.4 Å². The molecule has 1 saturated heterocycles. The van der Waals surface area contributed by atoms with Gasteiger partial charge in [0.1, 0.15) is 35.6 Å². The number of aliphatic imine (C=N–C) groups is 1. The van der Waals surface area contributed by atoms with E-state index in [1.54, 1.807) is 22.7 Å². The molecule has 5 aromatic rings. The molecular formula is C50H62ClN9O7S2. The Kier molecular flexibility index (Phi) is 17.2. The lowest BCUT2D eigenvalue weighted by atomic mass is 9.85. The number of aromatic nitrogens is 4. The second-order valence-corrected chi connectivity index (χ2v) is 21.1. The molecule has 5 heterocycles. The quantitative estimate of drug-likeness (QED) is 0.0605. The van der Waals surface area contributed by atoms with E-state index in [1.807, 2.05) is 93.2 Å². The molecule has 16 nitrogen and oxygen atoms in total. The predicted octanol–water partition coefficient (Wildman–Crippen LogP) is 6.75. The smallest absolute Gasteiger partial charge is 0.246 e. The van der Waals surface area contributed by atoms with Crippen molar-refractivity contribution in [1.29, 1.82) is 0 Å². The summed E-state index contributed by atoms with van der Waals surface area (Å²) in [6, 6.07) is 13.1. The van der Waals surface area contributed by atoms with Gasteiger partial charge in [-0.3, -0.25) is 28.7 Å². The molecule has 2 aromatic carbocycles. The van der Waals surface area contributed by atoms with Crippen molar-refractivity contribution < 1.29 is 33.8 Å². The number of amides is 4. The van der Waals surface area contributed by atoms with Gasteiger partial charge in [-0.1, -0.05) is 68.8 Å². The van der Waals surface area contributed by atoms with Crippen LogP contribution < -0.4 is 16.0 Å². The zero-order valence-corrected chi connectivity index (χ0v) is 42.7. The SMILES string of the molecule is Cc1ncsc1-c1ccc(CNC(=O)C2CC(O)CN2C(=O)C(NC(=O)COCCCCCOCCNC(=O)CC2N=C(c3ccc(Cl)cc3)c3c(sc(C)c3C)-n3c(C)nnc32)C(C)(C)C)cc1. The Morgan fingerprint density at radius 2 is 1.61 bits per heavy atom. The highest BCUT2D eigenvalue weighted by atomic mass is 35.5. The second kappa shape index (κ2) is 23.0. The number of thiophene rings is 1. The van der Waals surface area contributed by atoms with Crippen LogP contribution in [0.15, 0.2) is 59.0 Å². The highest BCUT2D eigenvalue weighted by molar-refractivity contribution is 7.15. The number of aliphatic hydroxyl groups excluding tert-OH is 1. The van der Waals surface area contributed by atoms with Crippen molar-refractivity contribution in [3.8, 4) is 15.4 Å². The number of halogens is 1. The first-order valence-electron chi connectivity index (χ1n) is 23.3. The minimum Gasteiger partial charge on any atom is -0.391 e. The zero-order valence-electron chi connectivity index (χ0n) is 40.3. The Labute approximate surface area is 416 Å². The summed E-state index contributed by atoms with van der Waals surface area (Å²) in [5.74, 6) is -0.0774. The van der Waals surface area contributed by atoms with E-state index < -0.39 is 41.5 Å². The first-order valence-corrected chi connectivity index (χ1v) is 25.4. The van der Waals surface area contributed by atoms with Crippen LogP contribution in [0.2, 0.25) is 5.02 Å². The first kappa shape index (κ1) is 51.5. The summed E-state index contributed by atoms with van der Waals surface area (Å²) in [7, 11) is 0. The maximum absolute atomic E-state index is 14.0. The molecule has 368 valence electrons. The van der Waals surface area contributed by atoms with Crippen molar-refractivity contribution in [1.82, 2.24) is 40.6 Å². The number of β-amino-alcohol motifs (C(OH)–C–C–N with tert-alkyl or cyclic N) is 1. The van der Waals surface area contributed by atoms with Gasteiger partial charge in [0.05, 0.1) is 40.9 Å². The van der Waals surface area contributed by atoms with Gasteiger partial charge in [0.15, 0.2) is 5.82 Å². The maximum atomic E-state index is 14.0. The van der Waals surface area contributed by atoms with Gasteiger partial charge in [-0.25, -0.2) is 4.98 Å². The Morgan fingerprint density at radius 1 is 0.899 bits per heavy atom. The average molecular weight is 1000 g/mol. The number of benzene rings is 2. The van der Waals surface area contributed by atoms with Crippen molar-refractivity contribution in [2.75, 3.05) is 39.5 Å². The third-order valence-corrected chi connectivity index (χ3v) is 14.7. The van der Waals surface area contributed by atoms with Crippen LogP contribution in [-0.4, -0.2) is 117 Å². The van der Waals surface area contributed by atoms with Gasteiger partial charge in [0.2, 0.25) is 23.6 Å². The largest absolute Gasteiger partial charge is 0.391 e. The van der Waals surface area contributed by atoms with Crippen LogP contribution >= 0.6 is 34.3 Å². The van der Waals surface area contributed by atoms with Gasteiger partial charge in [-0.05, 0) is 81.2 Å². The highest BCUT2D eigenvalue weighted by Gasteiger charge is 2.44. The summed E-state index contributed by atoms with van der Waals surface area (Å²) in [5, 5.41) is 29.8. The van der Waals surface area contributed by atoms with Gasteiger partial charge in [-0.15, -0.1) is 32.9 Å². The number of carbonyl (C=O) groups excluding carboxylic acids is 4. The Morgan fingerprint density at radius 3 is 2.30 bits per heavy atom. The molecular weight excluding hydrogens is 938 g/mol. The molecule has 19 heteroatoms. The number of hydrogen-bond acceptors (Lipinski definition) is 13. The van der Waals surface area contributed by atoms with E-state index in [1.165, 1.54) is 9.78 Å². The molecule has 2 aliphatic rings. The van der Waals surface area contributed by atoms with E-state index in [9.17, 15) is 24.3 Å². The number of rotatable bonds is 20. The molecule has 0 spiro atoms. The minimum atomic E-state index is -0.952. The lowest BCUT2D eigenvalue weighted by Gasteiger charge is -2.35. The fourth-order valence-electron chi connectivity index (χ4n) is 8.48. The fourth-order valence-corrected chi connectivity index (χ4v) is 10.6. The molecule has 4 amide bonds. The minimum absolute atomic E-state index is 0.0116. The highest BCUT2D eigenvalue weighted by Crippen LogP contribution is 2.40. The number of fused-ring (bicyclic) bond motifs is 3. The fraction of sp³-hybridized carbons (Fsp3) is 0.480. The normalized spacial score (nSPS) is 17.1. The summed E-state index contributed by atoms with van der Waals surface area (Å²) in [6.07, 6.45) is 1.58. The van der Waals surface area contributed by atoms with Crippen LogP contribution in [0, 0.1) is 33.1 Å². The number of carbonyl (C=O) groups is 4. The number of unbranched alkanes of at least 4 members (excludes halogenated alkanes) is 2. The van der Waals surface area contributed by atoms with Crippen LogP contribution in [0.1, 0.15) is 103 Å². The Bertz CT molecular complexity index is 2640. The predicted molar refractivity (Wildman–Crippen MR) is 268 cm³/mol. The van der Waals surface area contributed by atoms with Crippen LogP contribution in [0.25, 0.3) is 15.4 Å². The number of aryl methyl sites for hydroxylation is 3. The molecule has 0 aliphatic carbocycles. The number of aliphatic hydroxyl groups is 1. The molecule has 0 saturated carbocycles. The summed E-state index contributed by atoms with van der Waals surface area (Å²) < 4.78 is 13.5. The summed E-state index contributed by atoms with van der Waals surface area (Å²) >= 11 is 9.47. The lowest BCUT2D eigenvalue weighted by molar-refractivity contribution is -0.144. The lowest BCUT2D eigenvalue weighted by Crippen LogP contribution is -2.58. The molecule has 0 radical (unpaired) electrons. The maximum Gasteiger partial charge on any atom is 0.246 e. The molecule has 69 heavy (non-hydrogen) atoms. The van der Waals surface area contributed by atoms with Gasteiger partial charge >= 0.3 is 0 Å². The van der Waals surface area contributed by atoms with Gasteiger partial charge in [-0.2, -0.15) is 0 Å². The summed E-state index contributed by atoms with van der Waals surface area (Å²) in [6.45, 7) is 15.1. The Hall–Kier alpha value is -5.37. The molecule has 7 rings (SSSR count). The molecule has 1 fully saturated rings. The third-order valence-electron chi connectivity index (χ3n) is 12.3. The second-order valence-electron chi connectivity index (χ2n) is 18.6. The van der Waals surface area contributed by atoms with Crippen molar-refractivity contribution in [3.05, 3.63) is 104 Å². The van der Waals surface area contributed by atoms with Crippen molar-refractivity contribution >= 4 is 63.6 Å². The van der Waals surface area contributed by atoms with Crippen LogP contribution in [0.3, 0.4) is 0 Å². The number of ether oxygens (including phenoxy) is 2. The van der Waals surface area contributed by atoms with Crippen molar-refractivity contribution in [3.63, 3.8) is 0 Å². The molecule has 0 bridgehead atoms. The zero-order chi connectivity index (χ0) is 49.4. The van der Waals surface area contributed by atoms with Crippen molar-refractivity contribution in [2.24, 2.45) is 10.4 Å². The Balaban J connectivity index is 0.797. The standard InChI is InChI=1S/C50H62ClN9O7S2/c1-29-31(3)69-49-42(29)43(34-15-17-36(51)18-16-34)55-38(46-58-57-32(4)60(46)49)24-40(62)52-19-22-66-20-9-8-10-21-67-27-41(63)56-45(50(5,6)7)48(65)59-26-37(61)23-39(59)47(64)53-25-33-11-13-35(14-12-33)44-30(2)54-28-68-44/h11-18,28,37-39,45,61H,8-10,19-27H2,1-7H3,(H,52,62)(H,53,64)(H,56,63). The van der Waals surface area contributed by atoms with E-state index in [0.717, 1.165) is 67.8 Å². The summed E-state index contributed by atoms with van der Waals surface area (Å²) in [5.41, 5.74) is 7.85.